The average Bonchev–Trinajstić information content (AvgIpc) is 3.10. The summed E-state index contributed by atoms with van der Waals surface area (Å²) in [6.07, 6.45) is 4.72. The highest BCUT2D eigenvalue weighted by Gasteiger charge is 2.13. The van der Waals surface area contributed by atoms with Gasteiger partial charge in [0.1, 0.15) is 17.0 Å². The van der Waals surface area contributed by atoms with E-state index in [1.54, 1.807) is 23.7 Å². The number of hydrogen-bond donors (Lipinski definition) is 2. The van der Waals surface area contributed by atoms with Gasteiger partial charge < -0.3 is 15.2 Å². The summed E-state index contributed by atoms with van der Waals surface area (Å²) in [5.74, 6) is -0.162. The quantitative estimate of drug-likeness (QED) is 0.743. The molecule has 0 radical (unpaired) electrons. The van der Waals surface area contributed by atoms with Crippen LogP contribution in [0.1, 0.15) is 21.1 Å². The first-order valence-electron chi connectivity index (χ1n) is 6.77. The molecule has 3 rings (SSSR count). The molecule has 8 heteroatoms. The van der Waals surface area contributed by atoms with Crippen molar-refractivity contribution in [1.82, 2.24) is 30.2 Å². The second kappa shape index (κ2) is 6.20. The van der Waals surface area contributed by atoms with Crippen molar-refractivity contribution in [1.29, 1.82) is 0 Å². The van der Waals surface area contributed by atoms with Gasteiger partial charge in [0.25, 0.3) is 5.91 Å². The largest absolute Gasteiger partial charge is 0.345 e. The van der Waals surface area contributed by atoms with Crippen LogP contribution >= 0.6 is 11.3 Å². The van der Waals surface area contributed by atoms with E-state index >= 15 is 0 Å². The molecule has 0 aromatic carbocycles. The molecule has 0 aliphatic rings. The van der Waals surface area contributed by atoms with Crippen molar-refractivity contribution in [2.24, 2.45) is 0 Å². The van der Waals surface area contributed by atoms with E-state index in [-0.39, 0.29) is 5.91 Å². The fourth-order valence-corrected chi connectivity index (χ4v) is 2.85. The van der Waals surface area contributed by atoms with E-state index in [0.717, 1.165) is 17.2 Å². The third-order valence-corrected chi connectivity index (χ3v) is 3.98. The van der Waals surface area contributed by atoms with Gasteiger partial charge >= 0.3 is 0 Å². The SMILES string of the molecule is CN(C)Cc1csc(CNC(=O)c2c[nH]c3ncncc23)n1. The Balaban J connectivity index is 1.66. The lowest BCUT2D eigenvalue weighted by atomic mass is 10.2. The van der Waals surface area contributed by atoms with Crippen LogP contribution < -0.4 is 5.32 Å². The van der Waals surface area contributed by atoms with Gasteiger partial charge in [-0.1, -0.05) is 0 Å². The zero-order valence-electron chi connectivity index (χ0n) is 12.3. The van der Waals surface area contributed by atoms with Crippen LogP contribution in [-0.2, 0) is 13.1 Å². The third-order valence-electron chi connectivity index (χ3n) is 3.08. The van der Waals surface area contributed by atoms with Crippen LogP contribution in [0.2, 0.25) is 0 Å². The Morgan fingerprint density at radius 3 is 3.14 bits per heavy atom. The average molecular weight is 316 g/mol. The zero-order chi connectivity index (χ0) is 15.5. The Kier molecular flexibility index (Phi) is 4.12. The standard InChI is InChI=1S/C14H16N6OS/c1-20(2)6-9-7-22-12(19-9)5-17-14(21)11-4-16-13-10(11)3-15-8-18-13/h3-4,7-8H,5-6H2,1-2H3,(H,17,21)(H,15,16,18). The predicted molar refractivity (Wildman–Crippen MR) is 84.6 cm³/mol. The molecule has 3 heterocycles. The van der Waals surface area contributed by atoms with Crippen molar-refractivity contribution in [3.05, 3.63) is 40.4 Å². The normalized spacial score (nSPS) is 11.2. The Morgan fingerprint density at radius 1 is 1.45 bits per heavy atom. The lowest BCUT2D eigenvalue weighted by molar-refractivity contribution is 0.0952. The summed E-state index contributed by atoms with van der Waals surface area (Å²) < 4.78 is 0. The van der Waals surface area contributed by atoms with E-state index in [9.17, 15) is 4.79 Å². The highest BCUT2D eigenvalue weighted by Crippen LogP contribution is 2.15. The summed E-state index contributed by atoms with van der Waals surface area (Å²) in [6, 6.07) is 0. The van der Waals surface area contributed by atoms with Gasteiger partial charge in [-0.05, 0) is 14.1 Å². The topological polar surface area (TPSA) is 86.8 Å². The Bertz CT molecular complexity index is 793. The Hall–Kier alpha value is -2.32. The summed E-state index contributed by atoms with van der Waals surface area (Å²) in [4.78, 5) is 29.8. The van der Waals surface area contributed by atoms with Crippen LogP contribution in [0.15, 0.2) is 24.1 Å². The van der Waals surface area contributed by atoms with E-state index in [4.69, 9.17) is 0 Å². The molecule has 0 spiro atoms. The number of aromatic amines is 1. The van der Waals surface area contributed by atoms with Gasteiger partial charge in [-0.15, -0.1) is 11.3 Å². The van der Waals surface area contributed by atoms with Crippen molar-refractivity contribution >= 4 is 28.3 Å². The van der Waals surface area contributed by atoms with Crippen molar-refractivity contribution in [2.45, 2.75) is 13.1 Å². The number of fused-ring (bicyclic) bond motifs is 1. The van der Waals surface area contributed by atoms with Crippen molar-refractivity contribution in [3.8, 4) is 0 Å². The first-order valence-corrected chi connectivity index (χ1v) is 7.65. The summed E-state index contributed by atoms with van der Waals surface area (Å²) in [7, 11) is 4.00. The molecule has 0 bridgehead atoms. The van der Waals surface area contributed by atoms with Crippen LogP contribution in [0.4, 0.5) is 0 Å². The molecule has 0 unspecified atom stereocenters. The number of carbonyl (C=O) groups excluding carboxylic acids is 1. The number of nitrogens with one attached hydrogen (secondary N) is 2. The van der Waals surface area contributed by atoms with Crippen molar-refractivity contribution in [3.63, 3.8) is 0 Å². The number of thiazole rings is 1. The Morgan fingerprint density at radius 2 is 2.32 bits per heavy atom. The number of amides is 1. The van der Waals surface area contributed by atoms with Crippen LogP contribution in [-0.4, -0.2) is 44.8 Å². The first kappa shape index (κ1) is 14.6. The fourth-order valence-electron chi connectivity index (χ4n) is 2.13. The molecule has 2 N–H and O–H groups in total. The molecule has 0 aliphatic carbocycles. The molecule has 7 nitrogen and oxygen atoms in total. The predicted octanol–water partition coefficient (Wildman–Crippen LogP) is 1.41. The number of aromatic nitrogens is 4. The fraction of sp³-hybridized carbons (Fsp3) is 0.286. The van der Waals surface area contributed by atoms with Gasteiger partial charge in [-0.2, -0.15) is 0 Å². The van der Waals surface area contributed by atoms with Crippen molar-refractivity contribution < 1.29 is 4.79 Å². The lowest BCUT2D eigenvalue weighted by Gasteiger charge is -2.05. The maximum atomic E-state index is 12.3. The first-order chi connectivity index (χ1) is 10.6. The van der Waals surface area contributed by atoms with Crippen LogP contribution in [0, 0.1) is 0 Å². The van der Waals surface area contributed by atoms with E-state index in [2.05, 4.69) is 30.2 Å². The maximum Gasteiger partial charge on any atom is 0.253 e. The highest BCUT2D eigenvalue weighted by molar-refractivity contribution is 7.09. The molecule has 0 aliphatic heterocycles. The van der Waals surface area contributed by atoms with E-state index in [1.165, 1.54) is 6.33 Å². The monoisotopic (exact) mass is 316 g/mol. The van der Waals surface area contributed by atoms with Gasteiger partial charge in [0.15, 0.2) is 0 Å². The highest BCUT2D eigenvalue weighted by atomic mass is 32.1. The van der Waals surface area contributed by atoms with Crippen LogP contribution in [0.3, 0.4) is 0 Å². The molecule has 22 heavy (non-hydrogen) atoms. The lowest BCUT2D eigenvalue weighted by Crippen LogP contribution is -2.22. The summed E-state index contributed by atoms with van der Waals surface area (Å²) in [6.45, 7) is 1.21. The Labute approximate surface area is 131 Å². The van der Waals surface area contributed by atoms with Gasteiger partial charge in [0.05, 0.1) is 17.8 Å². The molecule has 3 aromatic heterocycles. The minimum Gasteiger partial charge on any atom is -0.345 e. The molecule has 0 fully saturated rings. The van der Waals surface area contributed by atoms with Gasteiger partial charge in [0, 0.05) is 29.7 Å². The molecular weight excluding hydrogens is 300 g/mol. The number of carbonyl (C=O) groups is 1. The molecular formula is C14H16N6OS. The van der Waals surface area contributed by atoms with E-state index < -0.39 is 0 Å². The van der Waals surface area contributed by atoms with Crippen molar-refractivity contribution in [2.75, 3.05) is 14.1 Å². The number of H-pyrrole nitrogens is 1. The molecule has 114 valence electrons. The zero-order valence-corrected chi connectivity index (χ0v) is 13.1. The molecule has 0 atom stereocenters. The minimum absolute atomic E-state index is 0.162. The third kappa shape index (κ3) is 3.12. The molecule has 0 saturated heterocycles. The van der Waals surface area contributed by atoms with Crippen LogP contribution in [0.5, 0.6) is 0 Å². The van der Waals surface area contributed by atoms with Gasteiger partial charge in [-0.25, -0.2) is 15.0 Å². The smallest absolute Gasteiger partial charge is 0.253 e. The maximum absolute atomic E-state index is 12.3. The van der Waals surface area contributed by atoms with Gasteiger partial charge in [-0.3, -0.25) is 4.79 Å². The summed E-state index contributed by atoms with van der Waals surface area (Å²) >= 11 is 1.55. The second-order valence-electron chi connectivity index (χ2n) is 5.14. The van der Waals surface area contributed by atoms with E-state index in [0.29, 0.717) is 23.1 Å². The van der Waals surface area contributed by atoms with Gasteiger partial charge in [0.2, 0.25) is 0 Å². The second-order valence-corrected chi connectivity index (χ2v) is 6.08. The summed E-state index contributed by atoms with van der Waals surface area (Å²) in [5.41, 5.74) is 2.21. The van der Waals surface area contributed by atoms with E-state index in [1.807, 2.05) is 19.5 Å². The molecule has 3 aromatic rings. The molecule has 1 amide bonds. The number of rotatable bonds is 5. The molecule has 0 saturated carbocycles. The minimum atomic E-state index is -0.162. The number of nitrogens with zero attached hydrogens (tertiary/aromatic N) is 4. The summed E-state index contributed by atoms with van der Waals surface area (Å²) in [5, 5.41) is 6.50. The number of hydrogen-bond acceptors (Lipinski definition) is 6. The van der Waals surface area contributed by atoms with Crippen LogP contribution in [0.25, 0.3) is 11.0 Å².